The first kappa shape index (κ1) is 22.2. The lowest BCUT2D eigenvalue weighted by atomic mass is 10.2. The summed E-state index contributed by atoms with van der Waals surface area (Å²) in [6, 6.07) is 11.8. The maximum absolute atomic E-state index is 13.5. The van der Waals surface area contributed by atoms with Crippen molar-refractivity contribution >= 4 is 39.0 Å². The van der Waals surface area contributed by atoms with Gasteiger partial charge in [-0.1, -0.05) is 12.1 Å². The smallest absolute Gasteiger partial charge is 0.359 e. The van der Waals surface area contributed by atoms with Crippen molar-refractivity contribution in [3.8, 4) is 11.4 Å². The Hall–Kier alpha value is -4.05. The number of methoxy groups -OCH3 is 1. The van der Waals surface area contributed by atoms with Crippen LogP contribution in [0.1, 0.15) is 27.8 Å². The number of thiophene rings is 1. The highest BCUT2D eigenvalue weighted by Crippen LogP contribution is 2.31. The number of benzene rings is 2. The zero-order valence-electron chi connectivity index (χ0n) is 17.6. The van der Waals surface area contributed by atoms with Gasteiger partial charge in [-0.05, 0) is 37.3 Å². The molecule has 1 N–H and O–H groups in total. The molecular formula is C23H18FN3O5S. The number of amides is 1. The van der Waals surface area contributed by atoms with Crippen LogP contribution in [0.25, 0.3) is 16.5 Å². The molecule has 33 heavy (non-hydrogen) atoms. The van der Waals surface area contributed by atoms with E-state index in [4.69, 9.17) is 9.47 Å². The molecule has 0 aliphatic rings. The number of aromatic nitrogens is 2. The van der Waals surface area contributed by atoms with E-state index < -0.39 is 23.3 Å². The van der Waals surface area contributed by atoms with Crippen LogP contribution < -0.4 is 15.6 Å². The van der Waals surface area contributed by atoms with E-state index in [1.54, 1.807) is 36.6 Å². The Morgan fingerprint density at radius 1 is 1.18 bits per heavy atom. The zero-order valence-corrected chi connectivity index (χ0v) is 18.4. The van der Waals surface area contributed by atoms with Gasteiger partial charge in [0, 0.05) is 22.4 Å². The summed E-state index contributed by atoms with van der Waals surface area (Å²) < 4.78 is 24.9. The minimum absolute atomic E-state index is 0.0724. The van der Waals surface area contributed by atoms with Crippen molar-refractivity contribution in [2.24, 2.45) is 0 Å². The normalized spacial score (nSPS) is 10.8. The Morgan fingerprint density at radius 2 is 1.97 bits per heavy atom. The second-order valence-corrected chi connectivity index (χ2v) is 7.69. The van der Waals surface area contributed by atoms with E-state index in [-0.39, 0.29) is 33.6 Å². The van der Waals surface area contributed by atoms with Gasteiger partial charge in [-0.25, -0.2) is 9.18 Å². The maximum atomic E-state index is 13.5. The summed E-state index contributed by atoms with van der Waals surface area (Å²) in [6.45, 7) is 1.78. The summed E-state index contributed by atoms with van der Waals surface area (Å²) in [7, 11) is 1.49. The average Bonchev–Trinajstić information content (AvgIpc) is 3.23. The largest absolute Gasteiger partial charge is 0.497 e. The first-order valence-electron chi connectivity index (χ1n) is 9.86. The standard InChI is InChI=1S/C23H18FN3O5S/c1-3-32-23(30)19-17-12-33-21(25-20(28)13-6-4-7-14(24)10-13)18(17)22(29)27(26-19)15-8-5-9-16(11-15)31-2/h4-12H,3H2,1-2H3,(H,25,28). The highest BCUT2D eigenvalue weighted by atomic mass is 32.1. The Labute approximate surface area is 191 Å². The molecule has 0 aliphatic heterocycles. The fraction of sp³-hybridized carbons (Fsp3) is 0.130. The van der Waals surface area contributed by atoms with Crippen molar-refractivity contribution in [3.05, 3.63) is 81.3 Å². The van der Waals surface area contributed by atoms with Gasteiger partial charge >= 0.3 is 5.97 Å². The van der Waals surface area contributed by atoms with Gasteiger partial charge in [0.1, 0.15) is 16.6 Å². The molecule has 0 aliphatic carbocycles. The SMILES string of the molecule is CCOC(=O)c1nn(-c2cccc(OC)c2)c(=O)c2c(NC(=O)c3cccc(F)c3)scc12. The fourth-order valence-corrected chi connectivity index (χ4v) is 4.15. The predicted octanol–water partition coefficient (Wildman–Crippen LogP) is 4.02. The van der Waals surface area contributed by atoms with E-state index in [1.807, 2.05) is 0 Å². The summed E-state index contributed by atoms with van der Waals surface area (Å²) in [5, 5.41) is 8.98. The first-order chi connectivity index (χ1) is 15.9. The zero-order chi connectivity index (χ0) is 23.5. The topological polar surface area (TPSA) is 99.5 Å². The van der Waals surface area contributed by atoms with Gasteiger partial charge < -0.3 is 14.8 Å². The van der Waals surface area contributed by atoms with Crippen molar-refractivity contribution < 1.29 is 23.5 Å². The molecule has 0 saturated heterocycles. The van der Waals surface area contributed by atoms with Crippen molar-refractivity contribution in [3.63, 3.8) is 0 Å². The highest BCUT2D eigenvalue weighted by molar-refractivity contribution is 7.16. The van der Waals surface area contributed by atoms with E-state index in [2.05, 4.69) is 10.4 Å². The Bertz CT molecular complexity index is 1430. The maximum Gasteiger partial charge on any atom is 0.359 e. The number of hydrogen-bond donors (Lipinski definition) is 1. The van der Waals surface area contributed by atoms with Crippen LogP contribution in [0.5, 0.6) is 5.75 Å². The number of fused-ring (bicyclic) bond motifs is 1. The lowest BCUT2D eigenvalue weighted by Gasteiger charge is -2.11. The van der Waals surface area contributed by atoms with E-state index in [0.717, 1.165) is 22.1 Å². The average molecular weight is 467 g/mol. The van der Waals surface area contributed by atoms with E-state index >= 15 is 0 Å². The van der Waals surface area contributed by atoms with Crippen LogP contribution in [0, 0.1) is 5.82 Å². The number of nitrogens with one attached hydrogen (secondary N) is 1. The molecule has 0 radical (unpaired) electrons. The summed E-state index contributed by atoms with van der Waals surface area (Å²) in [4.78, 5) is 38.7. The number of carbonyl (C=O) groups is 2. The molecule has 4 aromatic rings. The number of carbonyl (C=O) groups excluding carboxylic acids is 2. The van der Waals surface area contributed by atoms with Crippen LogP contribution in [-0.2, 0) is 4.74 Å². The molecule has 10 heteroatoms. The van der Waals surface area contributed by atoms with Gasteiger partial charge in [-0.3, -0.25) is 9.59 Å². The lowest BCUT2D eigenvalue weighted by molar-refractivity contribution is 0.0520. The van der Waals surface area contributed by atoms with Gasteiger partial charge in [0.15, 0.2) is 5.69 Å². The molecule has 0 atom stereocenters. The van der Waals surface area contributed by atoms with Gasteiger partial charge in [-0.2, -0.15) is 9.78 Å². The van der Waals surface area contributed by atoms with Crippen LogP contribution in [0.3, 0.4) is 0 Å². The third-order valence-corrected chi connectivity index (χ3v) is 5.63. The molecule has 0 fully saturated rings. The Kier molecular flexibility index (Phi) is 6.18. The van der Waals surface area contributed by atoms with E-state index in [0.29, 0.717) is 11.4 Å². The molecule has 2 aromatic heterocycles. The van der Waals surface area contributed by atoms with E-state index in [1.165, 1.54) is 25.3 Å². The quantitative estimate of drug-likeness (QED) is 0.430. The number of esters is 1. The van der Waals surface area contributed by atoms with E-state index in [9.17, 15) is 18.8 Å². The summed E-state index contributed by atoms with van der Waals surface area (Å²) in [5.74, 6) is -1.38. The highest BCUT2D eigenvalue weighted by Gasteiger charge is 2.23. The fourth-order valence-electron chi connectivity index (χ4n) is 3.21. The summed E-state index contributed by atoms with van der Waals surface area (Å²) >= 11 is 1.05. The minimum Gasteiger partial charge on any atom is -0.497 e. The number of anilines is 1. The number of hydrogen-bond acceptors (Lipinski definition) is 7. The molecule has 8 nitrogen and oxygen atoms in total. The van der Waals surface area contributed by atoms with Crippen LogP contribution >= 0.6 is 11.3 Å². The van der Waals surface area contributed by atoms with Gasteiger partial charge in [-0.15, -0.1) is 11.3 Å². The lowest BCUT2D eigenvalue weighted by Crippen LogP contribution is -2.25. The van der Waals surface area contributed by atoms with Crippen LogP contribution in [0.4, 0.5) is 9.39 Å². The third-order valence-electron chi connectivity index (χ3n) is 4.73. The summed E-state index contributed by atoms with van der Waals surface area (Å²) in [5.41, 5.74) is -0.177. The number of halogens is 1. The van der Waals surface area contributed by atoms with Crippen molar-refractivity contribution in [1.29, 1.82) is 0 Å². The number of nitrogens with zero attached hydrogens (tertiary/aromatic N) is 2. The molecule has 0 saturated carbocycles. The monoisotopic (exact) mass is 467 g/mol. The van der Waals surface area contributed by atoms with Crippen molar-refractivity contribution in [2.75, 3.05) is 19.0 Å². The molecule has 2 aromatic carbocycles. The second kappa shape index (κ2) is 9.21. The molecule has 168 valence electrons. The van der Waals surface area contributed by atoms with Crippen LogP contribution in [0.15, 0.2) is 58.7 Å². The van der Waals surface area contributed by atoms with Gasteiger partial charge in [0.2, 0.25) is 0 Å². The Morgan fingerprint density at radius 3 is 2.70 bits per heavy atom. The van der Waals surface area contributed by atoms with Crippen LogP contribution in [-0.4, -0.2) is 35.4 Å². The molecule has 4 rings (SSSR count). The molecule has 2 heterocycles. The van der Waals surface area contributed by atoms with Gasteiger partial charge in [0.05, 0.1) is 24.8 Å². The molecule has 0 spiro atoms. The van der Waals surface area contributed by atoms with Crippen LogP contribution in [0.2, 0.25) is 0 Å². The first-order valence-corrected chi connectivity index (χ1v) is 10.7. The predicted molar refractivity (Wildman–Crippen MR) is 122 cm³/mol. The van der Waals surface area contributed by atoms with Crippen molar-refractivity contribution in [1.82, 2.24) is 9.78 Å². The molecule has 1 amide bonds. The molecule has 0 unspecified atom stereocenters. The second-order valence-electron chi connectivity index (χ2n) is 6.81. The molecular weight excluding hydrogens is 449 g/mol. The summed E-state index contributed by atoms with van der Waals surface area (Å²) in [6.07, 6.45) is 0. The van der Waals surface area contributed by atoms with Gasteiger partial charge in [0.25, 0.3) is 11.5 Å². The Balaban J connectivity index is 1.89. The van der Waals surface area contributed by atoms with Crippen molar-refractivity contribution in [2.45, 2.75) is 6.92 Å². The number of ether oxygens (including phenoxy) is 2. The third kappa shape index (κ3) is 4.33. The number of rotatable bonds is 6. The molecule has 0 bridgehead atoms. The minimum atomic E-state index is -0.708.